The van der Waals surface area contributed by atoms with Crippen molar-refractivity contribution in [1.29, 1.82) is 0 Å². The minimum Gasteiger partial charge on any atom is -0.385 e. The van der Waals surface area contributed by atoms with E-state index in [1.165, 1.54) is 0 Å². The van der Waals surface area contributed by atoms with Gasteiger partial charge in [0.15, 0.2) is 0 Å². The number of carbonyl (C=O) groups excluding carboxylic acids is 1. The van der Waals surface area contributed by atoms with E-state index in [0.29, 0.717) is 18.0 Å². The van der Waals surface area contributed by atoms with Gasteiger partial charge in [-0.3, -0.25) is 14.8 Å². The highest BCUT2D eigenvalue weighted by atomic mass is 16.1. The van der Waals surface area contributed by atoms with Crippen LogP contribution in [0.3, 0.4) is 0 Å². The second kappa shape index (κ2) is 8.94. The van der Waals surface area contributed by atoms with Gasteiger partial charge in [0.05, 0.1) is 11.3 Å². The fraction of sp³-hybridized carbons (Fsp3) is 0.227. The molecule has 5 heteroatoms. The molecule has 3 rings (SSSR count). The monoisotopic (exact) mass is 360 g/mol. The number of pyridine rings is 2. The van der Waals surface area contributed by atoms with Crippen molar-refractivity contribution < 1.29 is 4.79 Å². The maximum Gasteiger partial charge on any atom is 0.253 e. The number of anilines is 1. The zero-order valence-electron chi connectivity index (χ0n) is 15.6. The van der Waals surface area contributed by atoms with Crippen LogP contribution in [-0.2, 0) is 6.54 Å². The van der Waals surface area contributed by atoms with Crippen molar-refractivity contribution in [3.8, 4) is 11.3 Å². The maximum absolute atomic E-state index is 12.3. The van der Waals surface area contributed by atoms with E-state index >= 15 is 0 Å². The molecule has 0 aliphatic rings. The van der Waals surface area contributed by atoms with Crippen LogP contribution in [0.25, 0.3) is 11.3 Å². The summed E-state index contributed by atoms with van der Waals surface area (Å²) in [7, 11) is 0. The van der Waals surface area contributed by atoms with E-state index in [-0.39, 0.29) is 5.91 Å². The van der Waals surface area contributed by atoms with Crippen molar-refractivity contribution in [1.82, 2.24) is 15.3 Å². The number of benzene rings is 1. The minimum absolute atomic E-state index is 0.147. The first-order chi connectivity index (χ1) is 13.1. The first kappa shape index (κ1) is 18.6. The largest absolute Gasteiger partial charge is 0.385 e. The molecular formula is C22H24N4O. The number of hydrogen-bond acceptors (Lipinski definition) is 4. The molecule has 5 nitrogen and oxygen atoms in total. The molecule has 0 aliphatic heterocycles. The van der Waals surface area contributed by atoms with Crippen molar-refractivity contribution in [3.63, 3.8) is 0 Å². The first-order valence-corrected chi connectivity index (χ1v) is 9.09. The fourth-order valence-corrected chi connectivity index (χ4v) is 2.57. The first-order valence-electron chi connectivity index (χ1n) is 9.09. The van der Waals surface area contributed by atoms with Crippen LogP contribution in [-0.4, -0.2) is 22.4 Å². The Morgan fingerprint density at radius 1 is 1.04 bits per heavy atom. The summed E-state index contributed by atoms with van der Waals surface area (Å²) in [5.74, 6) is 0.453. The number of aromatic nitrogens is 2. The molecule has 27 heavy (non-hydrogen) atoms. The van der Waals surface area contributed by atoms with E-state index in [9.17, 15) is 4.79 Å². The molecular weight excluding hydrogens is 336 g/mol. The van der Waals surface area contributed by atoms with Crippen LogP contribution in [0.5, 0.6) is 0 Å². The highest BCUT2D eigenvalue weighted by Gasteiger charge is 2.07. The van der Waals surface area contributed by atoms with E-state index in [0.717, 1.165) is 29.1 Å². The molecule has 0 aliphatic carbocycles. The van der Waals surface area contributed by atoms with Gasteiger partial charge in [-0.1, -0.05) is 32.0 Å². The third-order valence-electron chi connectivity index (χ3n) is 4.10. The lowest BCUT2D eigenvalue weighted by Crippen LogP contribution is -2.22. The third-order valence-corrected chi connectivity index (χ3v) is 4.10. The number of amides is 1. The lowest BCUT2D eigenvalue weighted by atomic mass is 10.1. The van der Waals surface area contributed by atoms with Gasteiger partial charge in [-0.15, -0.1) is 0 Å². The van der Waals surface area contributed by atoms with Crippen molar-refractivity contribution in [3.05, 3.63) is 78.2 Å². The van der Waals surface area contributed by atoms with E-state index in [1.807, 2.05) is 42.5 Å². The predicted molar refractivity (Wildman–Crippen MR) is 108 cm³/mol. The molecule has 0 saturated carbocycles. The van der Waals surface area contributed by atoms with Gasteiger partial charge in [0.25, 0.3) is 5.91 Å². The van der Waals surface area contributed by atoms with Crippen LogP contribution in [0.2, 0.25) is 0 Å². The quantitative estimate of drug-likeness (QED) is 0.664. The summed E-state index contributed by atoms with van der Waals surface area (Å²) < 4.78 is 0. The van der Waals surface area contributed by atoms with Crippen LogP contribution >= 0.6 is 0 Å². The molecule has 0 spiro atoms. The van der Waals surface area contributed by atoms with Crippen LogP contribution in [0.4, 0.5) is 5.69 Å². The van der Waals surface area contributed by atoms with Gasteiger partial charge in [0.2, 0.25) is 0 Å². The van der Waals surface area contributed by atoms with Gasteiger partial charge in [-0.25, -0.2) is 0 Å². The Hall–Kier alpha value is -3.21. The number of nitrogens with zero attached hydrogens (tertiary/aromatic N) is 2. The Bertz CT molecular complexity index is 859. The normalized spacial score (nSPS) is 10.6. The molecule has 0 unspecified atom stereocenters. The smallest absolute Gasteiger partial charge is 0.253 e. The predicted octanol–water partition coefficient (Wildman–Crippen LogP) is 4.14. The summed E-state index contributed by atoms with van der Waals surface area (Å²) in [5, 5.41) is 6.27. The Morgan fingerprint density at radius 3 is 2.48 bits per heavy atom. The van der Waals surface area contributed by atoms with Crippen molar-refractivity contribution in [2.24, 2.45) is 5.92 Å². The standard InChI is InChI=1S/C22H24N4O/c1-16(2)12-24-20-8-5-18(6-9-20)21-10-7-19(15-25-21)22(27)26-14-17-4-3-11-23-13-17/h3-11,13,15-16,24H,12,14H2,1-2H3,(H,26,27). The average Bonchev–Trinajstić information content (AvgIpc) is 2.72. The van der Waals surface area contributed by atoms with Gasteiger partial charge in [-0.2, -0.15) is 0 Å². The fourth-order valence-electron chi connectivity index (χ4n) is 2.57. The second-order valence-corrected chi connectivity index (χ2v) is 6.83. The van der Waals surface area contributed by atoms with Crippen LogP contribution in [0, 0.1) is 5.92 Å². The molecule has 1 aromatic carbocycles. The molecule has 0 bridgehead atoms. The highest BCUT2D eigenvalue weighted by Crippen LogP contribution is 2.20. The summed E-state index contributed by atoms with van der Waals surface area (Å²) >= 11 is 0. The van der Waals surface area contributed by atoms with E-state index in [2.05, 4.69) is 34.4 Å². The average molecular weight is 360 g/mol. The van der Waals surface area contributed by atoms with Crippen molar-refractivity contribution >= 4 is 11.6 Å². The second-order valence-electron chi connectivity index (χ2n) is 6.83. The molecule has 2 heterocycles. The lowest BCUT2D eigenvalue weighted by Gasteiger charge is -2.10. The van der Waals surface area contributed by atoms with Crippen LogP contribution in [0.1, 0.15) is 29.8 Å². The third kappa shape index (κ3) is 5.38. The molecule has 3 aromatic rings. The van der Waals surface area contributed by atoms with Crippen molar-refractivity contribution in [2.75, 3.05) is 11.9 Å². The minimum atomic E-state index is -0.147. The Morgan fingerprint density at radius 2 is 1.85 bits per heavy atom. The Labute approximate surface area is 159 Å². The molecule has 0 fully saturated rings. The zero-order chi connectivity index (χ0) is 19.1. The molecule has 0 atom stereocenters. The van der Waals surface area contributed by atoms with E-state index in [4.69, 9.17) is 0 Å². The number of carbonyl (C=O) groups is 1. The highest BCUT2D eigenvalue weighted by molar-refractivity contribution is 5.94. The Balaban J connectivity index is 1.60. The van der Waals surface area contributed by atoms with Crippen molar-refractivity contribution in [2.45, 2.75) is 20.4 Å². The topological polar surface area (TPSA) is 66.9 Å². The SMILES string of the molecule is CC(C)CNc1ccc(-c2ccc(C(=O)NCc3cccnc3)cn2)cc1. The summed E-state index contributed by atoms with van der Waals surface area (Å²) in [5.41, 5.74) is 4.46. The molecule has 1 amide bonds. The molecule has 2 aromatic heterocycles. The van der Waals surface area contributed by atoms with Gasteiger partial charge in [0, 0.05) is 42.9 Å². The Kier molecular flexibility index (Phi) is 6.15. The summed E-state index contributed by atoms with van der Waals surface area (Å²) in [6.45, 7) is 5.75. The van der Waals surface area contributed by atoms with Gasteiger partial charge in [0.1, 0.15) is 0 Å². The molecule has 2 N–H and O–H groups in total. The zero-order valence-corrected chi connectivity index (χ0v) is 15.6. The number of nitrogens with one attached hydrogen (secondary N) is 2. The summed E-state index contributed by atoms with van der Waals surface area (Å²) in [6, 6.07) is 15.6. The van der Waals surface area contributed by atoms with E-state index in [1.54, 1.807) is 24.7 Å². The summed E-state index contributed by atoms with van der Waals surface area (Å²) in [6.07, 6.45) is 5.06. The van der Waals surface area contributed by atoms with Crippen LogP contribution < -0.4 is 10.6 Å². The molecule has 138 valence electrons. The van der Waals surface area contributed by atoms with Crippen LogP contribution in [0.15, 0.2) is 67.1 Å². The maximum atomic E-state index is 12.3. The summed E-state index contributed by atoms with van der Waals surface area (Å²) in [4.78, 5) is 20.7. The van der Waals surface area contributed by atoms with Gasteiger partial charge < -0.3 is 10.6 Å². The van der Waals surface area contributed by atoms with Gasteiger partial charge >= 0.3 is 0 Å². The van der Waals surface area contributed by atoms with E-state index < -0.39 is 0 Å². The van der Waals surface area contributed by atoms with Gasteiger partial charge in [-0.05, 0) is 41.8 Å². The number of rotatable bonds is 7. The lowest BCUT2D eigenvalue weighted by molar-refractivity contribution is 0.0950. The molecule has 0 radical (unpaired) electrons. The molecule has 0 saturated heterocycles. The number of hydrogen-bond donors (Lipinski definition) is 2.